The Balaban J connectivity index is 2.05. The van der Waals surface area contributed by atoms with Gasteiger partial charge in [0.2, 0.25) is 0 Å². The van der Waals surface area contributed by atoms with E-state index < -0.39 is 0 Å². The second kappa shape index (κ2) is 5.15. The third-order valence-electron chi connectivity index (χ3n) is 2.84. The summed E-state index contributed by atoms with van der Waals surface area (Å²) in [6.45, 7) is 6.42. The second-order valence-electron chi connectivity index (χ2n) is 4.54. The van der Waals surface area contributed by atoms with Gasteiger partial charge in [0.25, 0.3) is 0 Å². The van der Waals surface area contributed by atoms with Crippen molar-refractivity contribution >= 4 is 11.0 Å². The molecule has 3 heteroatoms. The fourth-order valence-corrected chi connectivity index (χ4v) is 1.89. The third kappa shape index (κ3) is 2.94. The molecule has 1 unspecified atom stereocenters. The molecule has 0 saturated heterocycles. The van der Waals surface area contributed by atoms with Crippen LogP contribution in [0.25, 0.3) is 11.0 Å². The first-order chi connectivity index (χ1) is 8.16. The number of fused-ring (bicyclic) bond motifs is 1. The van der Waals surface area contributed by atoms with E-state index in [1.807, 2.05) is 35.8 Å². The van der Waals surface area contributed by atoms with Crippen LogP contribution in [0, 0.1) is 0 Å². The van der Waals surface area contributed by atoms with E-state index in [1.54, 1.807) is 6.33 Å². The van der Waals surface area contributed by atoms with Gasteiger partial charge in [-0.05, 0) is 31.9 Å². The summed E-state index contributed by atoms with van der Waals surface area (Å²) in [7, 11) is 0. The summed E-state index contributed by atoms with van der Waals surface area (Å²) in [5.41, 5.74) is 3.15. The Kier molecular flexibility index (Phi) is 3.59. The van der Waals surface area contributed by atoms with Crippen molar-refractivity contribution in [2.75, 3.05) is 0 Å². The lowest BCUT2D eigenvalue weighted by molar-refractivity contribution is 0.146. The van der Waals surface area contributed by atoms with Crippen LogP contribution in [0.4, 0.5) is 0 Å². The largest absolute Gasteiger partial charge is 0.391 e. The molecule has 0 aliphatic carbocycles. The predicted molar refractivity (Wildman–Crippen MR) is 69.8 cm³/mol. The average Bonchev–Trinajstić information content (AvgIpc) is 2.70. The number of aliphatic hydroxyl groups excluding tert-OH is 1. The van der Waals surface area contributed by atoms with Crippen LogP contribution in [-0.4, -0.2) is 20.8 Å². The van der Waals surface area contributed by atoms with Gasteiger partial charge >= 0.3 is 0 Å². The number of para-hydroxylation sites is 2. The van der Waals surface area contributed by atoms with E-state index in [2.05, 4.69) is 11.6 Å². The van der Waals surface area contributed by atoms with Gasteiger partial charge < -0.3 is 9.67 Å². The normalized spacial score (nSPS) is 12.8. The highest BCUT2D eigenvalue weighted by molar-refractivity contribution is 5.74. The van der Waals surface area contributed by atoms with Crippen molar-refractivity contribution in [2.45, 2.75) is 32.4 Å². The van der Waals surface area contributed by atoms with Crippen LogP contribution in [0.5, 0.6) is 0 Å². The van der Waals surface area contributed by atoms with E-state index in [0.717, 1.165) is 29.4 Å². The smallest absolute Gasteiger partial charge is 0.0959 e. The number of hydrogen-bond donors (Lipinski definition) is 1. The molecule has 0 bridgehead atoms. The van der Waals surface area contributed by atoms with Crippen LogP contribution in [0.2, 0.25) is 0 Å². The molecule has 3 nitrogen and oxygen atoms in total. The summed E-state index contributed by atoms with van der Waals surface area (Å²) < 4.78 is 2.00. The molecule has 0 amide bonds. The van der Waals surface area contributed by atoms with Crippen molar-refractivity contribution in [3.05, 3.63) is 42.7 Å². The first-order valence-electron chi connectivity index (χ1n) is 5.89. The number of benzene rings is 1. The van der Waals surface area contributed by atoms with Crippen molar-refractivity contribution in [1.82, 2.24) is 9.55 Å². The monoisotopic (exact) mass is 230 g/mol. The first-order valence-corrected chi connectivity index (χ1v) is 5.89. The highest BCUT2D eigenvalue weighted by atomic mass is 16.3. The van der Waals surface area contributed by atoms with Gasteiger partial charge in [0.1, 0.15) is 0 Å². The van der Waals surface area contributed by atoms with Crippen LogP contribution >= 0.6 is 0 Å². The second-order valence-corrected chi connectivity index (χ2v) is 4.54. The van der Waals surface area contributed by atoms with Crippen LogP contribution in [0.1, 0.15) is 19.8 Å². The minimum Gasteiger partial charge on any atom is -0.391 e. The van der Waals surface area contributed by atoms with Gasteiger partial charge in [0, 0.05) is 0 Å². The molecular formula is C14H18N2O. The lowest BCUT2D eigenvalue weighted by atomic mass is 10.1. The van der Waals surface area contributed by atoms with E-state index in [4.69, 9.17) is 0 Å². The number of imidazole rings is 1. The number of allylic oxidation sites excluding steroid dienone is 1. The molecule has 0 radical (unpaired) electrons. The van der Waals surface area contributed by atoms with E-state index in [-0.39, 0.29) is 6.10 Å². The molecule has 0 fully saturated rings. The van der Waals surface area contributed by atoms with Crippen molar-refractivity contribution in [3.8, 4) is 0 Å². The Bertz CT molecular complexity index is 516. The Morgan fingerprint density at radius 1 is 1.47 bits per heavy atom. The molecule has 0 saturated carbocycles. The quantitative estimate of drug-likeness (QED) is 0.802. The fourth-order valence-electron chi connectivity index (χ4n) is 1.89. The zero-order valence-electron chi connectivity index (χ0n) is 10.1. The van der Waals surface area contributed by atoms with Crippen LogP contribution in [0.3, 0.4) is 0 Å². The SMILES string of the molecule is C=C(C)CCC(O)Cn1cnc2ccccc21. The highest BCUT2D eigenvalue weighted by Gasteiger charge is 2.08. The fraction of sp³-hybridized carbons (Fsp3) is 0.357. The van der Waals surface area contributed by atoms with Crippen molar-refractivity contribution in [3.63, 3.8) is 0 Å². The predicted octanol–water partition coefficient (Wildman–Crippen LogP) is 2.75. The average molecular weight is 230 g/mol. The standard InChI is InChI=1S/C14H18N2O/c1-11(2)7-8-12(17)9-16-10-15-13-5-3-4-6-14(13)16/h3-6,10,12,17H,1,7-9H2,2H3. The molecule has 0 spiro atoms. The van der Waals surface area contributed by atoms with Crippen LogP contribution < -0.4 is 0 Å². The molecule has 1 aromatic carbocycles. The summed E-state index contributed by atoms with van der Waals surface area (Å²) in [6, 6.07) is 7.96. The molecule has 1 N–H and O–H groups in total. The molecule has 17 heavy (non-hydrogen) atoms. The van der Waals surface area contributed by atoms with Crippen molar-refractivity contribution in [1.29, 1.82) is 0 Å². The molecule has 0 aliphatic rings. The highest BCUT2D eigenvalue weighted by Crippen LogP contribution is 2.14. The summed E-state index contributed by atoms with van der Waals surface area (Å²) in [4.78, 5) is 4.30. The molecule has 0 aliphatic heterocycles. The van der Waals surface area contributed by atoms with Gasteiger partial charge in [-0.15, -0.1) is 6.58 Å². The lowest BCUT2D eigenvalue weighted by Gasteiger charge is -2.11. The van der Waals surface area contributed by atoms with E-state index in [0.29, 0.717) is 6.54 Å². The molecule has 1 aromatic heterocycles. The van der Waals surface area contributed by atoms with Gasteiger partial charge in [-0.3, -0.25) is 0 Å². The van der Waals surface area contributed by atoms with Gasteiger partial charge in [-0.2, -0.15) is 0 Å². The molecule has 2 aromatic rings. The molecular weight excluding hydrogens is 212 g/mol. The summed E-state index contributed by atoms with van der Waals surface area (Å²) in [5.74, 6) is 0. The Hall–Kier alpha value is -1.61. The summed E-state index contributed by atoms with van der Waals surface area (Å²) in [6.07, 6.45) is 3.06. The van der Waals surface area contributed by atoms with Crippen molar-refractivity contribution < 1.29 is 5.11 Å². The molecule has 90 valence electrons. The number of aromatic nitrogens is 2. The van der Waals surface area contributed by atoms with E-state index >= 15 is 0 Å². The van der Waals surface area contributed by atoms with Gasteiger partial charge in [-0.1, -0.05) is 17.7 Å². The third-order valence-corrected chi connectivity index (χ3v) is 2.84. The molecule has 1 atom stereocenters. The summed E-state index contributed by atoms with van der Waals surface area (Å²) >= 11 is 0. The minimum atomic E-state index is -0.343. The van der Waals surface area contributed by atoms with E-state index in [1.165, 1.54) is 0 Å². The van der Waals surface area contributed by atoms with Crippen molar-refractivity contribution in [2.24, 2.45) is 0 Å². The molecule has 1 heterocycles. The maximum absolute atomic E-state index is 9.94. The Morgan fingerprint density at radius 3 is 3.00 bits per heavy atom. The molecule has 2 rings (SSSR count). The Morgan fingerprint density at radius 2 is 2.24 bits per heavy atom. The maximum Gasteiger partial charge on any atom is 0.0959 e. The van der Waals surface area contributed by atoms with Crippen LogP contribution in [0.15, 0.2) is 42.7 Å². The number of aliphatic hydroxyl groups is 1. The zero-order chi connectivity index (χ0) is 12.3. The van der Waals surface area contributed by atoms with Gasteiger partial charge in [0.05, 0.1) is 30.0 Å². The summed E-state index contributed by atoms with van der Waals surface area (Å²) in [5, 5.41) is 9.94. The van der Waals surface area contributed by atoms with E-state index in [9.17, 15) is 5.11 Å². The topological polar surface area (TPSA) is 38.0 Å². The number of nitrogens with zero attached hydrogens (tertiary/aromatic N) is 2. The zero-order valence-corrected chi connectivity index (χ0v) is 10.1. The number of hydrogen-bond acceptors (Lipinski definition) is 2. The Labute approximate surface area is 101 Å². The minimum absolute atomic E-state index is 0.343. The van der Waals surface area contributed by atoms with Gasteiger partial charge in [-0.25, -0.2) is 4.98 Å². The lowest BCUT2D eigenvalue weighted by Crippen LogP contribution is -2.15. The maximum atomic E-state index is 9.94. The van der Waals surface area contributed by atoms with Gasteiger partial charge in [0.15, 0.2) is 0 Å². The van der Waals surface area contributed by atoms with Crippen LogP contribution in [-0.2, 0) is 6.54 Å². The number of rotatable bonds is 5. The first kappa shape index (κ1) is 11.9.